The third-order valence-corrected chi connectivity index (χ3v) is 4.17. The molecule has 0 fully saturated rings. The summed E-state index contributed by atoms with van der Waals surface area (Å²) in [6.45, 7) is 3.05. The van der Waals surface area contributed by atoms with Crippen LogP contribution in [0.4, 0.5) is 11.4 Å². The third-order valence-electron chi connectivity index (χ3n) is 4.17. The molecule has 28 heavy (non-hydrogen) atoms. The zero-order valence-electron chi connectivity index (χ0n) is 16.4. The van der Waals surface area contributed by atoms with Crippen molar-refractivity contribution < 1.29 is 23.9 Å². The van der Waals surface area contributed by atoms with E-state index in [0.29, 0.717) is 28.4 Å². The minimum Gasteiger partial charge on any atom is -0.497 e. The number of Topliss-reactive ketones (excluding diaryl/α,β-unsaturated/α-hetero) is 1. The lowest BCUT2D eigenvalue weighted by atomic mass is 10.1. The average molecular weight is 384 g/mol. The van der Waals surface area contributed by atoms with Crippen LogP contribution in [0.2, 0.25) is 0 Å². The maximum Gasteiger partial charge on any atom is 0.226 e. The number of carbonyl (C=O) groups excluding carboxylic acids is 3. The van der Waals surface area contributed by atoms with Gasteiger partial charge in [-0.25, -0.2) is 0 Å². The molecular weight excluding hydrogens is 360 g/mol. The first-order valence-electron chi connectivity index (χ1n) is 8.76. The Morgan fingerprint density at radius 2 is 1.75 bits per heavy atom. The molecule has 2 aromatic carbocycles. The number of ether oxygens (including phenoxy) is 2. The number of ketones is 1. The SMILES string of the molecule is COc1ccc(OC)c(N(CCC(=O)Nc2cccc(C(C)=O)c2)C(C)=O)c1. The molecule has 2 rings (SSSR count). The highest BCUT2D eigenvalue weighted by Crippen LogP contribution is 2.32. The van der Waals surface area contributed by atoms with Gasteiger partial charge in [0, 0.05) is 37.2 Å². The topological polar surface area (TPSA) is 84.9 Å². The van der Waals surface area contributed by atoms with E-state index in [-0.39, 0.29) is 30.6 Å². The fourth-order valence-corrected chi connectivity index (χ4v) is 2.71. The quantitative estimate of drug-likeness (QED) is 0.706. The Bertz CT molecular complexity index is 879. The highest BCUT2D eigenvalue weighted by atomic mass is 16.5. The van der Waals surface area contributed by atoms with E-state index in [1.807, 2.05) is 0 Å². The minimum absolute atomic E-state index is 0.0737. The van der Waals surface area contributed by atoms with E-state index in [1.165, 1.54) is 33.0 Å². The molecule has 0 spiro atoms. The standard InChI is InChI=1S/C21H24N2O5/c1-14(24)16-6-5-7-17(12-16)22-21(26)10-11-23(15(2)25)19-13-18(27-3)8-9-20(19)28-4/h5-9,12-13H,10-11H2,1-4H3,(H,22,26). The lowest BCUT2D eigenvalue weighted by Crippen LogP contribution is -2.32. The van der Waals surface area contributed by atoms with Gasteiger partial charge in [0.15, 0.2) is 5.78 Å². The van der Waals surface area contributed by atoms with Crippen LogP contribution in [-0.2, 0) is 9.59 Å². The number of benzene rings is 2. The molecular formula is C21H24N2O5. The van der Waals surface area contributed by atoms with Gasteiger partial charge in [-0.05, 0) is 31.2 Å². The first-order valence-corrected chi connectivity index (χ1v) is 8.76. The van der Waals surface area contributed by atoms with Gasteiger partial charge in [0.05, 0.1) is 19.9 Å². The molecule has 0 aliphatic rings. The van der Waals surface area contributed by atoms with E-state index >= 15 is 0 Å². The maximum atomic E-state index is 12.3. The van der Waals surface area contributed by atoms with Gasteiger partial charge in [0.2, 0.25) is 11.8 Å². The van der Waals surface area contributed by atoms with Crippen molar-refractivity contribution in [1.29, 1.82) is 0 Å². The lowest BCUT2D eigenvalue weighted by Gasteiger charge is -2.23. The number of rotatable bonds is 8. The fraction of sp³-hybridized carbons (Fsp3) is 0.286. The van der Waals surface area contributed by atoms with Crippen LogP contribution in [0.15, 0.2) is 42.5 Å². The normalized spacial score (nSPS) is 10.1. The number of anilines is 2. The molecule has 148 valence electrons. The highest BCUT2D eigenvalue weighted by molar-refractivity contribution is 5.98. The van der Waals surface area contributed by atoms with Crippen LogP contribution in [0.1, 0.15) is 30.6 Å². The van der Waals surface area contributed by atoms with E-state index in [2.05, 4.69) is 5.32 Å². The summed E-state index contributed by atoms with van der Waals surface area (Å²) >= 11 is 0. The zero-order valence-corrected chi connectivity index (χ0v) is 16.4. The number of methoxy groups -OCH3 is 2. The molecule has 0 aliphatic heterocycles. The molecule has 0 unspecified atom stereocenters. The Balaban J connectivity index is 2.12. The predicted octanol–water partition coefficient (Wildman–Crippen LogP) is 3.29. The average Bonchev–Trinajstić information content (AvgIpc) is 2.67. The van der Waals surface area contributed by atoms with E-state index in [1.54, 1.807) is 42.5 Å². The lowest BCUT2D eigenvalue weighted by molar-refractivity contribution is -0.117. The number of nitrogens with zero attached hydrogens (tertiary/aromatic N) is 1. The molecule has 0 bridgehead atoms. The summed E-state index contributed by atoms with van der Waals surface area (Å²) in [5.74, 6) is 0.508. The summed E-state index contributed by atoms with van der Waals surface area (Å²) in [6, 6.07) is 11.8. The van der Waals surface area contributed by atoms with Gasteiger partial charge >= 0.3 is 0 Å². The van der Waals surface area contributed by atoms with Gasteiger partial charge in [-0.1, -0.05) is 12.1 Å². The summed E-state index contributed by atoms with van der Waals surface area (Å²) < 4.78 is 10.6. The second-order valence-electron chi connectivity index (χ2n) is 6.14. The molecule has 0 saturated heterocycles. The minimum atomic E-state index is -0.270. The van der Waals surface area contributed by atoms with Gasteiger partial charge in [-0.3, -0.25) is 14.4 Å². The van der Waals surface area contributed by atoms with Crippen LogP contribution >= 0.6 is 0 Å². The smallest absolute Gasteiger partial charge is 0.226 e. The predicted molar refractivity (Wildman–Crippen MR) is 107 cm³/mol. The molecule has 2 aromatic rings. The van der Waals surface area contributed by atoms with Crippen molar-refractivity contribution in [3.05, 3.63) is 48.0 Å². The molecule has 7 heteroatoms. The van der Waals surface area contributed by atoms with Gasteiger partial charge in [0.25, 0.3) is 0 Å². The number of hydrogen-bond donors (Lipinski definition) is 1. The molecule has 0 aromatic heterocycles. The Morgan fingerprint density at radius 3 is 2.36 bits per heavy atom. The molecule has 0 aliphatic carbocycles. The van der Waals surface area contributed by atoms with Crippen LogP contribution < -0.4 is 19.7 Å². The van der Waals surface area contributed by atoms with E-state index in [4.69, 9.17) is 9.47 Å². The number of nitrogens with one attached hydrogen (secondary N) is 1. The fourth-order valence-electron chi connectivity index (χ4n) is 2.71. The van der Waals surface area contributed by atoms with E-state index < -0.39 is 0 Å². The van der Waals surface area contributed by atoms with E-state index in [9.17, 15) is 14.4 Å². The van der Waals surface area contributed by atoms with Crippen LogP contribution in [0.5, 0.6) is 11.5 Å². The van der Waals surface area contributed by atoms with Crippen LogP contribution in [0, 0.1) is 0 Å². The van der Waals surface area contributed by atoms with Crippen molar-refractivity contribution in [2.75, 3.05) is 31.0 Å². The zero-order chi connectivity index (χ0) is 20.7. The Labute approximate surface area is 164 Å². The Morgan fingerprint density at radius 1 is 1.00 bits per heavy atom. The number of hydrogen-bond acceptors (Lipinski definition) is 5. The van der Waals surface area contributed by atoms with Gasteiger partial charge in [0.1, 0.15) is 11.5 Å². The second kappa shape index (κ2) is 9.55. The van der Waals surface area contributed by atoms with Gasteiger partial charge < -0.3 is 19.7 Å². The second-order valence-corrected chi connectivity index (χ2v) is 6.14. The molecule has 0 saturated carbocycles. The largest absolute Gasteiger partial charge is 0.497 e. The molecule has 0 atom stereocenters. The van der Waals surface area contributed by atoms with E-state index in [0.717, 1.165) is 0 Å². The third kappa shape index (κ3) is 5.33. The van der Waals surface area contributed by atoms with Gasteiger partial charge in [-0.15, -0.1) is 0 Å². The number of amides is 2. The van der Waals surface area contributed by atoms with Crippen molar-refractivity contribution in [2.45, 2.75) is 20.3 Å². The van der Waals surface area contributed by atoms with Crippen molar-refractivity contribution >= 4 is 29.0 Å². The summed E-state index contributed by atoms with van der Waals surface area (Å²) in [5, 5.41) is 2.75. The van der Waals surface area contributed by atoms with Crippen molar-refractivity contribution in [2.24, 2.45) is 0 Å². The van der Waals surface area contributed by atoms with Crippen molar-refractivity contribution in [1.82, 2.24) is 0 Å². The first-order chi connectivity index (χ1) is 13.3. The summed E-state index contributed by atoms with van der Waals surface area (Å²) in [7, 11) is 3.05. The molecule has 2 amide bonds. The summed E-state index contributed by atoms with van der Waals surface area (Å²) in [4.78, 5) is 37.4. The Kier molecular flexibility index (Phi) is 7.14. The Hall–Kier alpha value is -3.35. The summed E-state index contributed by atoms with van der Waals surface area (Å²) in [6.07, 6.45) is 0.0737. The first kappa shape index (κ1) is 21.0. The monoisotopic (exact) mass is 384 g/mol. The number of carbonyl (C=O) groups is 3. The van der Waals surface area contributed by atoms with Gasteiger partial charge in [-0.2, -0.15) is 0 Å². The molecule has 7 nitrogen and oxygen atoms in total. The molecule has 0 heterocycles. The van der Waals surface area contributed by atoms with Crippen LogP contribution in [0.25, 0.3) is 0 Å². The summed E-state index contributed by atoms with van der Waals surface area (Å²) in [5.41, 5.74) is 1.58. The van der Waals surface area contributed by atoms with Crippen LogP contribution in [0.3, 0.4) is 0 Å². The highest BCUT2D eigenvalue weighted by Gasteiger charge is 2.18. The maximum absolute atomic E-state index is 12.3. The molecule has 0 radical (unpaired) electrons. The molecule has 1 N–H and O–H groups in total. The van der Waals surface area contributed by atoms with Crippen molar-refractivity contribution in [3.63, 3.8) is 0 Å². The van der Waals surface area contributed by atoms with Crippen molar-refractivity contribution in [3.8, 4) is 11.5 Å². The van der Waals surface area contributed by atoms with Crippen LogP contribution in [-0.4, -0.2) is 38.4 Å².